The first-order chi connectivity index (χ1) is 17.8. The number of carbonyl (C=O) groups is 3. The molecule has 2 saturated heterocycles. The van der Waals surface area contributed by atoms with Gasteiger partial charge in [0.25, 0.3) is 5.69 Å². The molecule has 3 aromatic rings. The number of Topliss-reactive ketones (excluding diaryl/α,β-unsaturated/α-hetero) is 1. The van der Waals surface area contributed by atoms with Gasteiger partial charge in [-0.15, -0.1) is 0 Å². The summed E-state index contributed by atoms with van der Waals surface area (Å²) < 4.78 is 0. The van der Waals surface area contributed by atoms with Crippen LogP contribution in [0.5, 0.6) is 0 Å². The maximum atomic E-state index is 13.9. The lowest BCUT2D eigenvalue weighted by Crippen LogP contribution is -2.44. The van der Waals surface area contributed by atoms with Crippen LogP contribution in [0.3, 0.4) is 0 Å². The summed E-state index contributed by atoms with van der Waals surface area (Å²) >= 11 is 12.3. The van der Waals surface area contributed by atoms with Crippen LogP contribution in [-0.2, 0) is 9.59 Å². The van der Waals surface area contributed by atoms with E-state index in [-0.39, 0.29) is 27.0 Å². The monoisotopic (exact) mass is 533 g/mol. The van der Waals surface area contributed by atoms with E-state index < -0.39 is 46.4 Å². The van der Waals surface area contributed by atoms with Crippen molar-refractivity contribution in [3.8, 4) is 0 Å². The highest BCUT2D eigenvalue weighted by Crippen LogP contribution is 2.54. The third-order valence-electron chi connectivity index (χ3n) is 7.18. The largest absolute Gasteiger partial charge is 0.358 e. The van der Waals surface area contributed by atoms with Gasteiger partial charge >= 0.3 is 0 Å². The molecule has 2 amide bonds. The lowest BCUT2D eigenvalue weighted by molar-refractivity contribution is -0.384. The Labute approximate surface area is 220 Å². The van der Waals surface area contributed by atoms with Crippen molar-refractivity contribution < 1.29 is 19.3 Å². The zero-order chi connectivity index (χ0) is 26.0. The van der Waals surface area contributed by atoms with Gasteiger partial charge in [-0.1, -0.05) is 59.6 Å². The highest BCUT2D eigenvalue weighted by atomic mass is 35.5. The van der Waals surface area contributed by atoms with Crippen LogP contribution in [-0.4, -0.2) is 33.5 Å². The summed E-state index contributed by atoms with van der Waals surface area (Å²) in [5, 5.41) is 11.9. The van der Waals surface area contributed by atoms with E-state index in [1.54, 1.807) is 11.1 Å². The Morgan fingerprint density at radius 3 is 2.32 bits per heavy atom. The summed E-state index contributed by atoms with van der Waals surface area (Å²) in [7, 11) is 0. The summed E-state index contributed by atoms with van der Waals surface area (Å²) in [5.74, 6) is -3.35. The molecule has 0 aromatic heterocycles. The zero-order valence-corrected chi connectivity index (χ0v) is 20.5. The minimum Gasteiger partial charge on any atom is -0.358 e. The topological polar surface area (TPSA) is 101 Å². The first-order valence-electron chi connectivity index (χ1n) is 11.4. The molecule has 0 aliphatic carbocycles. The quantitative estimate of drug-likeness (QED) is 0.195. The summed E-state index contributed by atoms with van der Waals surface area (Å²) in [6, 6.07) is 15.7. The van der Waals surface area contributed by atoms with E-state index in [0.717, 1.165) is 16.0 Å². The molecule has 3 aromatic carbocycles. The third-order valence-corrected chi connectivity index (χ3v) is 7.61. The molecule has 0 radical (unpaired) electrons. The Morgan fingerprint density at radius 2 is 1.59 bits per heavy atom. The number of halogens is 2. The Bertz CT molecular complexity index is 1530. The van der Waals surface area contributed by atoms with Gasteiger partial charge in [0.1, 0.15) is 6.04 Å². The number of benzene rings is 3. The number of non-ortho nitro benzene ring substituents is 1. The van der Waals surface area contributed by atoms with Crippen molar-refractivity contribution in [2.45, 2.75) is 12.1 Å². The second-order valence-corrected chi connectivity index (χ2v) is 10.0. The van der Waals surface area contributed by atoms with Crippen LogP contribution in [0.4, 0.5) is 11.4 Å². The zero-order valence-electron chi connectivity index (χ0n) is 19.0. The van der Waals surface area contributed by atoms with E-state index in [2.05, 4.69) is 0 Å². The van der Waals surface area contributed by atoms with Crippen molar-refractivity contribution in [1.82, 2.24) is 4.90 Å². The molecule has 0 bridgehead atoms. The predicted molar refractivity (Wildman–Crippen MR) is 137 cm³/mol. The SMILES string of the molecule is O=C(c1cccc([N+](=O)[O-])c1)[C@H]1[C@H]2C(=O)N(c3cc(Cl)cc(Cl)c3)C(=O)[C@@H]2[C@@H]2c3ccccc3C=CN12. The van der Waals surface area contributed by atoms with Crippen molar-refractivity contribution in [3.05, 3.63) is 110 Å². The van der Waals surface area contributed by atoms with Gasteiger partial charge in [0.05, 0.1) is 28.5 Å². The molecule has 0 N–H and O–H groups in total. The summed E-state index contributed by atoms with van der Waals surface area (Å²) in [5.41, 5.74) is 1.79. The van der Waals surface area contributed by atoms with E-state index in [0.29, 0.717) is 0 Å². The Balaban J connectivity index is 1.50. The number of amides is 2. The number of anilines is 1. The average molecular weight is 534 g/mol. The number of hydrogen-bond acceptors (Lipinski definition) is 6. The van der Waals surface area contributed by atoms with Crippen LogP contribution in [0.15, 0.2) is 72.9 Å². The summed E-state index contributed by atoms with van der Waals surface area (Å²) in [6.45, 7) is 0. The molecule has 6 rings (SSSR count). The molecule has 8 nitrogen and oxygen atoms in total. The van der Waals surface area contributed by atoms with Gasteiger partial charge in [0, 0.05) is 33.9 Å². The highest BCUT2D eigenvalue weighted by molar-refractivity contribution is 6.36. The third kappa shape index (κ3) is 3.55. The molecule has 0 spiro atoms. The minimum atomic E-state index is -1.04. The van der Waals surface area contributed by atoms with Crippen molar-refractivity contribution in [3.63, 3.8) is 0 Å². The van der Waals surface area contributed by atoms with Gasteiger partial charge in [0.15, 0.2) is 5.78 Å². The van der Waals surface area contributed by atoms with E-state index in [1.807, 2.05) is 30.3 Å². The number of nitro benzene ring substituents is 1. The predicted octanol–water partition coefficient (Wildman–Crippen LogP) is 5.30. The fraction of sp³-hybridized carbons (Fsp3) is 0.148. The van der Waals surface area contributed by atoms with Gasteiger partial charge in [-0.05, 0) is 35.4 Å². The van der Waals surface area contributed by atoms with Crippen LogP contribution in [0.25, 0.3) is 6.08 Å². The van der Waals surface area contributed by atoms with E-state index in [1.165, 1.54) is 42.5 Å². The molecule has 0 saturated carbocycles. The van der Waals surface area contributed by atoms with Crippen LogP contribution >= 0.6 is 23.2 Å². The molecule has 3 aliphatic heterocycles. The molecular weight excluding hydrogens is 517 g/mol. The number of carbonyl (C=O) groups excluding carboxylic acids is 3. The summed E-state index contributed by atoms with van der Waals surface area (Å²) in [4.78, 5) is 55.3. The number of hydrogen-bond donors (Lipinski definition) is 0. The normalized spacial score (nSPS) is 23.6. The number of nitrogens with zero attached hydrogens (tertiary/aromatic N) is 3. The minimum absolute atomic E-state index is 0.0929. The summed E-state index contributed by atoms with van der Waals surface area (Å²) in [6.07, 6.45) is 3.57. The number of fused-ring (bicyclic) bond motifs is 5. The number of ketones is 1. The average Bonchev–Trinajstić information content (AvgIpc) is 3.35. The number of nitro groups is 1. The molecular formula is C27H17Cl2N3O5. The maximum absolute atomic E-state index is 13.9. The Hall–Kier alpha value is -4.01. The molecule has 3 aliphatic rings. The first kappa shape index (κ1) is 23.4. The van der Waals surface area contributed by atoms with Crippen LogP contribution in [0.2, 0.25) is 10.0 Å². The molecule has 10 heteroatoms. The fourth-order valence-electron chi connectivity index (χ4n) is 5.72. The second kappa shape index (κ2) is 8.54. The van der Waals surface area contributed by atoms with Crippen LogP contribution in [0.1, 0.15) is 27.5 Å². The molecule has 0 unspecified atom stereocenters. The van der Waals surface area contributed by atoms with Crippen LogP contribution in [0, 0.1) is 22.0 Å². The van der Waals surface area contributed by atoms with Crippen molar-refractivity contribution in [1.29, 1.82) is 0 Å². The van der Waals surface area contributed by atoms with E-state index in [9.17, 15) is 24.5 Å². The Kier molecular flexibility index (Phi) is 5.40. The molecule has 37 heavy (non-hydrogen) atoms. The lowest BCUT2D eigenvalue weighted by Gasteiger charge is -2.35. The smallest absolute Gasteiger partial charge is 0.270 e. The molecule has 3 heterocycles. The highest BCUT2D eigenvalue weighted by Gasteiger charge is 2.64. The number of rotatable bonds is 4. The number of imide groups is 1. The van der Waals surface area contributed by atoms with Crippen molar-refractivity contribution in [2.75, 3.05) is 4.90 Å². The van der Waals surface area contributed by atoms with E-state index in [4.69, 9.17) is 23.2 Å². The van der Waals surface area contributed by atoms with Crippen molar-refractivity contribution >= 4 is 58.3 Å². The molecule has 2 fully saturated rings. The fourth-order valence-corrected chi connectivity index (χ4v) is 6.24. The van der Waals surface area contributed by atoms with Gasteiger partial charge < -0.3 is 4.90 Å². The van der Waals surface area contributed by atoms with Gasteiger partial charge in [-0.25, -0.2) is 4.90 Å². The van der Waals surface area contributed by atoms with Gasteiger partial charge in [-0.2, -0.15) is 0 Å². The first-order valence-corrected chi connectivity index (χ1v) is 12.2. The van der Waals surface area contributed by atoms with Crippen LogP contribution < -0.4 is 4.90 Å². The molecule has 4 atom stereocenters. The lowest BCUT2D eigenvalue weighted by atomic mass is 9.83. The van der Waals surface area contributed by atoms with Gasteiger partial charge in [-0.3, -0.25) is 24.5 Å². The second-order valence-electron chi connectivity index (χ2n) is 9.14. The maximum Gasteiger partial charge on any atom is 0.270 e. The standard InChI is InChI=1S/C27H17Cl2N3O5/c28-16-11-17(29)13-19(12-16)31-26(34)21-22(27(31)35)24(25(33)15-5-3-6-18(10-15)32(36)37)30-9-8-14-4-1-2-7-20(14)23(21)30/h1-13,21-24H/t21-,22-,23-,24+/m0/s1. The van der Waals surface area contributed by atoms with Crippen molar-refractivity contribution in [2.24, 2.45) is 11.8 Å². The molecule has 184 valence electrons. The van der Waals surface area contributed by atoms with Gasteiger partial charge in [0.2, 0.25) is 11.8 Å². The Morgan fingerprint density at radius 1 is 0.892 bits per heavy atom. The van der Waals surface area contributed by atoms with E-state index >= 15 is 0 Å².